The Hall–Kier alpha value is -3.37. The summed E-state index contributed by atoms with van der Waals surface area (Å²) >= 11 is 0. The smallest absolute Gasteiger partial charge is 0.189 e. The van der Waals surface area contributed by atoms with Gasteiger partial charge in [-0.15, -0.1) is 0 Å². The largest absolute Gasteiger partial charge is 0.491 e. The fourth-order valence-electron chi connectivity index (χ4n) is 3.38. The summed E-state index contributed by atoms with van der Waals surface area (Å²) < 4.78 is 5.96. The number of likely N-dealkylation sites (N-methyl/N-ethyl adjacent to an activating group) is 1. The number of allylic oxidation sites excluding steroid dienone is 1. The summed E-state index contributed by atoms with van der Waals surface area (Å²) in [4.78, 5) is 15.2. The van der Waals surface area contributed by atoms with E-state index in [1.165, 1.54) is 11.1 Å². The van der Waals surface area contributed by atoms with Crippen LogP contribution >= 0.6 is 0 Å². The predicted octanol–water partition coefficient (Wildman–Crippen LogP) is 5.39. The maximum absolute atomic E-state index is 13.1. The normalized spacial score (nSPS) is 11.3. The second-order valence-corrected chi connectivity index (χ2v) is 8.10. The summed E-state index contributed by atoms with van der Waals surface area (Å²) in [7, 11) is 3.99. The second-order valence-electron chi connectivity index (χ2n) is 8.10. The summed E-state index contributed by atoms with van der Waals surface area (Å²) in [6.45, 7) is 5.44. The van der Waals surface area contributed by atoms with Crippen LogP contribution in [0.5, 0.6) is 5.75 Å². The molecule has 160 valence electrons. The van der Waals surface area contributed by atoms with E-state index in [0.29, 0.717) is 23.6 Å². The summed E-state index contributed by atoms with van der Waals surface area (Å²) in [6, 6.07) is 19.7. The van der Waals surface area contributed by atoms with Crippen molar-refractivity contribution in [2.75, 3.05) is 33.0 Å². The standard InChI is InChI=1S/C27H30N2O2/c1-19-15-20(2)17-23(16-19)22-8-12-27(31-14-13-29(3)4)25(18-22)26(30)11-7-21-5-9-24(28)10-6-21/h5-12,15-18H,13-14,28H2,1-4H3. The molecule has 2 N–H and O–H groups in total. The Balaban J connectivity index is 1.94. The lowest BCUT2D eigenvalue weighted by Crippen LogP contribution is -2.20. The third-order valence-corrected chi connectivity index (χ3v) is 4.96. The zero-order valence-electron chi connectivity index (χ0n) is 18.7. The molecule has 0 fully saturated rings. The molecular weight excluding hydrogens is 384 g/mol. The van der Waals surface area contributed by atoms with Gasteiger partial charge in [0, 0.05) is 12.2 Å². The van der Waals surface area contributed by atoms with Gasteiger partial charge in [-0.25, -0.2) is 0 Å². The number of nitrogens with two attached hydrogens (primary N) is 1. The fourth-order valence-corrected chi connectivity index (χ4v) is 3.38. The first-order valence-electron chi connectivity index (χ1n) is 10.4. The summed E-state index contributed by atoms with van der Waals surface area (Å²) in [6.07, 6.45) is 3.39. The van der Waals surface area contributed by atoms with Crippen molar-refractivity contribution in [3.05, 3.63) is 89.0 Å². The first kappa shape index (κ1) is 22.3. The number of aryl methyl sites for hydroxylation is 2. The molecule has 0 radical (unpaired) electrons. The van der Waals surface area contributed by atoms with Gasteiger partial charge in [-0.1, -0.05) is 53.6 Å². The molecular formula is C27H30N2O2. The van der Waals surface area contributed by atoms with E-state index in [9.17, 15) is 4.79 Å². The van der Waals surface area contributed by atoms with Crippen LogP contribution in [0, 0.1) is 13.8 Å². The molecule has 0 saturated heterocycles. The van der Waals surface area contributed by atoms with Crippen LogP contribution in [0.4, 0.5) is 5.69 Å². The molecule has 0 unspecified atom stereocenters. The third kappa shape index (κ3) is 6.30. The molecule has 4 heteroatoms. The van der Waals surface area contributed by atoms with Gasteiger partial charge in [0.15, 0.2) is 5.78 Å². The SMILES string of the molecule is Cc1cc(C)cc(-c2ccc(OCCN(C)C)c(C(=O)C=Cc3ccc(N)cc3)c2)c1. The van der Waals surface area contributed by atoms with Crippen LogP contribution in [-0.4, -0.2) is 37.9 Å². The average molecular weight is 415 g/mol. The Morgan fingerprint density at radius 3 is 2.26 bits per heavy atom. The highest BCUT2D eigenvalue weighted by atomic mass is 16.5. The number of carbonyl (C=O) groups excluding carboxylic acids is 1. The number of ketones is 1. The van der Waals surface area contributed by atoms with Gasteiger partial charge in [0.1, 0.15) is 12.4 Å². The van der Waals surface area contributed by atoms with Crippen molar-refractivity contribution >= 4 is 17.5 Å². The molecule has 0 aromatic heterocycles. The van der Waals surface area contributed by atoms with E-state index >= 15 is 0 Å². The van der Waals surface area contributed by atoms with E-state index in [4.69, 9.17) is 10.5 Å². The van der Waals surface area contributed by atoms with E-state index in [1.54, 1.807) is 12.2 Å². The zero-order chi connectivity index (χ0) is 22.4. The Morgan fingerprint density at radius 1 is 0.935 bits per heavy atom. The van der Waals surface area contributed by atoms with Crippen LogP contribution in [0.25, 0.3) is 17.2 Å². The molecule has 4 nitrogen and oxygen atoms in total. The Kier molecular flexibility index (Phi) is 7.27. The highest BCUT2D eigenvalue weighted by Crippen LogP contribution is 2.29. The summed E-state index contributed by atoms with van der Waals surface area (Å²) in [5, 5.41) is 0. The molecule has 0 aliphatic carbocycles. The first-order chi connectivity index (χ1) is 14.8. The van der Waals surface area contributed by atoms with Crippen molar-refractivity contribution < 1.29 is 9.53 Å². The first-order valence-corrected chi connectivity index (χ1v) is 10.4. The van der Waals surface area contributed by atoms with Crippen LogP contribution in [0.2, 0.25) is 0 Å². The van der Waals surface area contributed by atoms with Gasteiger partial charge in [0.25, 0.3) is 0 Å². The van der Waals surface area contributed by atoms with Gasteiger partial charge in [-0.3, -0.25) is 4.79 Å². The van der Waals surface area contributed by atoms with Gasteiger partial charge in [0.2, 0.25) is 0 Å². The topological polar surface area (TPSA) is 55.6 Å². The maximum atomic E-state index is 13.1. The number of anilines is 1. The monoisotopic (exact) mass is 414 g/mol. The number of ether oxygens (including phenoxy) is 1. The van der Waals surface area contributed by atoms with Gasteiger partial charge in [-0.05, 0) is 75.0 Å². The Labute approximate surface area is 185 Å². The lowest BCUT2D eigenvalue weighted by molar-refractivity contribution is 0.104. The molecule has 3 aromatic carbocycles. The number of benzene rings is 3. The minimum absolute atomic E-state index is 0.0945. The summed E-state index contributed by atoms with van der Waals surface area (Å²) in [5.74, 6) is 0.504. The molecule has 0 amide bonds. The molecule has 31 heavy (non-hydrogen) atoms. The Bertz CT molecular complexity index is 1060. The van der Waals surface area contributed by atoms with Gasteiger partial charge in [0.05, 0.1) is 5.56 Å². The molecule has 0 aliphatic heterocycles. The molecule has 3 rings (SSSR count). The van der Waals surface area contributed by atoms with Crippen LogP contribution in [0.1, 0.15) is 27.0 Å². The molecule has 0 aliphatic rings. The van der Waals surface area contributed by atoms with E-state index < -0.39 is 0 Å². The van der Waals surface area contributed by atoms with Crippen molar-refractivity contribution in [2.45, 2.75) is 13.8 Å². The van der Waals surface area contributed by atoms with E-state index in [2.05, 4.69) is 32.0 Å². The Morgan fingerprint density at radius 2 is 1.61 bits per heavy atom. The van der Waals surface area contributed by atoms with Crippen molar-refractivity contribution in [3.63, 3.8) is 0 Å². The number of nitrogen functional groups attached to an aromatic ring is 1. The van der Waals surface area contributed by atoms with Crippen molar-refractivity contribution in [3.8, 4) is 16.9 Å². The second kappa shape index (κ2) is 10.1. The molecule has 0 atom stereocenters. The third-order valence-electron chi connectivity index (χ3n) is 4.96. The number of hydrogen-bond acceptors (Lipinski definition) is 4. The van der Waals surface area contributed by atoms with Crippen molar-refractivity contribution in [1.82, 2.24) is 4.90 Å². The lowest BCUT2D eigenvalue weighted by Gasteiger charge is -2.14. The van der Waals surface area contributed by atoms with Gasteiger partial charge < -0.3 is 15.4 Å². The van der Waals surface area contributed by atoms with E-state index in [1.807, 2.05) is 61.5 Å². The van der Waals surface area contributed by atoms with Crippen LogP contribution < -0.4 is 10.5 Å². The molecule has 0 spiro atoms. The average Bonchev–Trinajstić information content (AvgIpc) is 2.72. The number of nitrogens with zero attached hydrogens (tertiary/aromatic N) is 1. The molecule has 0 heterocycles. The maximum Gasteiger partial charge on any atom is 0.189 e. The lowest BCUT2D eigenvalue weighted by atomic mass is 9.97. The highest BCUT2D eigenvalue weighted by Gasteiger charge is 2.13. The van der Waals surface area contributed by atoms with Gasteiger partial charge >= 0.3 is 0 Å². The summed E-state index contributed by atoms with van der Waals surface area (Å²) in [5.41, 5.74) is 12.4. The minimum atomic E-state index is -0.0945. The zero-order valence-corrected chi connectivity index (χ0v) is 18.7. The predicted molar refractivity (Wildman–Crippen MR) is 130 cm³/mol. The van der Waals surface area contributed by atoms with Crippen molar-refractivity contribution in [2.24, 2.45) is 0 Å². The van der Waals surface area contributed by atoms with Gasteiger partial charge in [-0.2, -0.15) is 0 Å². The number of carbonyl (C=O) groups is 1. The molecule has 0 saturated carbocycles. The molecule has 3 aromatic rings. The highest BCUT2D eigenvalue weighted by molar-refractivity contribution is 6.09. The number of hydrogen-bond donors (Lipinski definition) is 1. The number of rotatable bonds is 8. The quantitative estimate of drug-likeness (QED) is 0.305. The van der Waals surface area contributed by atoms with Crippen LogP contribution in [-0.2, 0) is 0 Å². The van der Waals surface area contributed by atoms with Crippen LogP contribution in [0.3, 0.4) is 0 Å². The van der Waals surface area contributed by atoms with Crippen molar-refractivity contribution in [1.29, 1.82) is 0 Å². The van der Waals surface area contributed by atoms with E-state index in [0.717, 1.165) is 23.2 Å². The fraction of sp³-hybridized carbons (Fsp3) is 0.222. The van der Waals surface area contributed by atoms with Crippen LogP contribution in [0.15, 0.2) is 66.7 Å². The minimum Gasteiger partial charge on any atom is -0.491 e. The van der Waals surface area contributed by atoms with E-state index in [-0.39, 0.29) is 5.78 Å². The molecule has 0 bridgehead atoms.